The van der Waals surface area contributed by atoms with E-state index in [1.807, 2.05) is 53.2 Å². The highest BCUT2D eigenvalue weighted by Gasteiger charge is 2.17. The summed E-state index contributed by atoms with van der Waals surface area (Å²) < 4.78 is 7.93. The monoisotopic (exact) mass is 449 g/mol. The van der Waals surface area contributed by atoms with Crippen LogP contribution in [0.1, 0.15) is 22.0 Å². The van der Waals surface area contributed by atoms with Crippen molar-refractivity contribution in [2.75, 3.05) is 25.0 Å². The fraction of sp³-hybridized carbons (Fsp3) is 0.286. The minimum atomic E-state index is -0.227. The first-order chi connectivity index (χ1) is 13.8. The maximum Gasteiger partial charge on any atom is 0.275 e. The van der Waals surface area contributed by atoms with Crippen molar-refractivity contribution in [1.82, 2.24) is 19.9 Å². The number of nitrogens with one attached hydrogen (secondary N) is 2. The van der Waals surface area contributed by atoms with E-state index in [9.17, 15) is 4.79 Å². The Kier molecular flexibility index (Phi) is 9.11. The predicted molar refractivity (Wildman–Crippen MR) is 121 cm³/mol. The summed E-state index contributed by atoms with van der Waals surface area (Å²) in [6.45, 7) is 3.07. The van der Waals surface area contributed by atoms with E-state index in [1.165, 1.54) is 0 Å². The van der Waals surface area contributed by atoms with Gasteiger partial charge in [-0.2, -0.15) is 0 Å². The molecule has 3 heterocycles. The van der Waals surface area contributed by atoms with Gasteiger partial charge in [0.05, 0.1) is 12.3 Å². The third-order valence-corrected chi connectivity index (χ3v) is 4.62. The van der Waals surface area contributed by atoms with Gasteiger partial charge in [0.1, 0.15) is 17.3 Å². The van der Waals surface area contributed by atoms with Gasteiger partial charge in [0.2, 0.25) is 0 Å². The van der Waals surface area contributed by atoms with Crippen LogP contribution < -0.4 is 15.4 Å². The number of hydrogen-bond donors (Lipinski definition) is 2. The zero-order valence-electron chi connectivity index (χ0n) is 16.4. The highest BCUT2D eigenvalue weighted by molar-refractivity contribution is 6.03. The molecular weight excluding hydrogens is 425 g/mol. The number of fused-ring (bicyclic) bond motifs is 1. The molecule has 0 atom stereocenters. The van der Waals surface area contributed by atoms with Crippen molar-refractivity contribution in [3.05, 3.63) is 72.1 Å². The predicted octanol–water partition coefficient (Wildman–Crippen LogP) is 3.14. The lowest BCUT2D eigenvalue weighted by atomic mass is 10.2. The van der Waals surface area contributed by atoms with E-state index in [0.29, 0.717) is 30.2 Å². The van der Waals surface area contributed by atoms with Crippen molar-refractivity contribution in [3.8, 4) is 5.75 Å². The summed E-state index contributed by atoms with van der Waals surface area (Å²) in [5.41, 5.74) is 2.04. The van der Waals surface area contributed by atoms with Gasteiger partial charge < -0.3 is 19.9 Å². The minimum Gasteiger partial charge on any atom is -0.491 e. The summed E-state index contributed by atoms with van der Waals surface area (Å²) in [4.78, 5) is 21.5. The second kappa shape index (κ2) is 11.5. The first kappa shape index (κ1) is 23.7. The number of aromatic nitrogens is 3. The molecular formula is C21H25Cl2N5O2. The van der Waals surface area contributed by atoms with E-state index < -0.39 is 0 Å². The SMILES string of the molecule is Cl.Cl.O=C(Nc1ccccc1OCCc1ccccn1)c1cn2c(n1)CCNCC2. The summed E-state index contributed by atoms with van der Waals surface area (Å²) in [6.07, 6.45) is 5.11. The largest absolute Gasteiger partial charge is 0.491 e. The zero-order chi connectivity index (χ0) is 19.2. The van der Waals surface area contributed by atoms with Crippen molar-refractivity contribution in [3.63, 3.8) is 0 Å². The molecule has 3 aromatic rings. The van der Waals surface area contributed by atoms with Gasteiger partial charge in [0.25, 0.3) is 5.91 Å². The van der Waals surface area contributed by atoms with E-state index >= 15 is 0 Å². The van der Waals surface area contributed by atoms with Gasteiger partial charge in [-0.05, 0) is 24.3 Å². The third-order valence-electron chi connectivity index (χ3n) is 4.62. The molecule has 0 unspecified atom stereocenters. The van der Waals surface area contributed by atoms with Gasteiger partial charge in [-0.1, -0.05) is 18.2 Å². The topological polar surface area (TPSA) is 81.1 Å². The number of rotatable bonds is 6. The van der Waals surface area contributed by atoms with Crippen LogP contribution in [0.2, 0.25) is 0 Å². The molecule has 4 rings (SSSR count). The Hall–Kier alpha value is -2.61. The Bertz CT molecular complexity index is 926. The van der Waals surface area contributed by atoms with Gasteiger partial charge in [0.15, 0.2) is 0 Å². The number of carbonyl (C=O) groups excluding carboxylic acids is 1. The fourth-order valence-electron chi connectivity index (χ4n) is 3.18. The van der Waals surface area contributed by atoms with Crippen LogP contribution in [0.4, 0.5) is 5.69 Å². The Labute approximate surface area is 188 Å². The number of carbonyl (C=O) groups is 1. The summed E-state index contributed by atoms with van der Waals surface area (Å²) in [7, 11) is 0. The second-order valence-corrected chi connectivity index (χ2v) is 6.61. The molecule has 2 aromatic heterocycles. The molecule has 30 heavy (non-hydrogen) atoms. The van der Waals surface area contributed by atoms with Crippen molar-refractivity contribution in [1.29, 1.82) is 0 Å². The van der Waals surface area contributed by atoms with Gasteiger partial charge in [-0.25, -0.2) is 4.98 Å². The average Bonchev–Trinajstić information content (AvgIpc) is 3.01. The first-order valence-electron chi connectivity index (χ1n) is 9.49. The summed E-state index contributed by atoms with van der Waals surface area (Å²) in [5.74, 6) is 1.35. The smallest absolute Gasteiger partial charge is 0.275 e. The number of nitrogens with zero attached hydrogens (tertiary/aromatic N) is 3. The van der Waals surface area contributed by atoms with Gasteiger partial charge in [0, 0.05) is 50.6 Å². The number of para-hydroxylation sites is 2. The molecule has 0 radical (unpaired) electrons. The molecule has 7 nitrogen and oxygen atoms in total. The van der Waals surface area contributed by atoms with Crippen LogP contribution >= 0.6 is 24.8 Å². The summed E-state index contributed by atoms with van der Waals surface area (Å²) >= 11 is 0. The normalized spacial score (nSPS) is 12.5. The van der Waals surface area contributed by atoms with E-state index in [-0.39, 0.29) is 30.7 Å². The average molecular weight is 450 g/mol. The fourth-order valence-corrected chi connectivity index (χ4v) is 3.18. The van der Waals surface area contributed by atoms with Crippen LogP contribution in [0.3, 0.4) is 0 Å². The van der Waals surface area contributed by atoms with Crippen LogP contribution in [0.15, 0.2) is 54.9 Å². The first-order valence-corrected chi connectivity index (χ1v) is 9.49. The van der Waals surface area contributed by atoms with E-state index in [0.717, 1.165) is 37.6 Å². The number of hydrogen-bond acceptors (Lipinski definition) is 5. The highest BCUT2D eigenvalue weighted by atomic mass is 35.5. The van der Waals surface area contributed by atoms with E-state index in [1.54, 1.807) is 6.20 Å². The van der Waals surface area contributed by atoms with Gasteiger partial charge >= 0.3 is 0 Å². The third kappa shape index (κ3) is 5.95. The van der Waals surface area contributed by atoms with Crippen LogP contribution in [-0.4, -0.2) is 40.1 Å². The summed E-state index contributed by atoms with van der Waals surface area (Å²) in [6, 6.07) is 13.3. The number of anilines is 1. The van der Waals surface area contributed by atoms with Crippen molar-refractivity contribution >= 4 is 36.4 Å². The van der Waals surface area contributed by atoms with Crippen molar-refractivity contribution in [2.24, 2.45) is 0 Å². The van der Waals surface area contributed by atoms with E-state index in [4.69, 9.17) is 4.74 Å². The minimum absolute atomic E-state index is 0. The Balaban J connectivity index is 0.00000160. The Morgan fingerprint density at radius 3 is 2.80 bits per heavy atom. The molecule has 0 saturated carbocycles. The molecule has 0 bridgehead atoms. The maximum atomic E-state index is 12.7. The summed E-state index contributed by atoms with van der Waals surface area (Å²) in [5, 5.41) is 6.25. The quantitative estimate of drug-likeness (QED) is 0.603. The lowest BCUT2D eigenvalue weighted by Gasteiger charge is -2.11. The van der Waals surface area contributed by atoms with Gasteiger partial charge in [-0.15, -0.1) is 24.8 Å². The molecule has 1 amide bonds. The molecule has 2 N–H and O–H groups in total. The number of benzene rings is 1. The van der Waals surface area contributed by atoms with Crippen LogP contribution in [0, 0.1) is 0 Å². The lowest BCUT2D eigenvalue weighted by Crippen LogP contribution is -2.18. The number of amides is 1. The van der Waals surface area contributed by atoms with Crippen LogP contribution in [0.5, 0.6) is 5.75 Å². The molecule has 0 saturated heterocycles. The molecule has 1 aliphatic rings. The molecule has 1 aliphatic heterocycles. The second-order valence-electron chi connectivity index (χ2n) is 6.61. The lowest BCUT2D eigenvalue weighted by molar-refractivity contribution is 0.102. The molecule has 9 heteroatoms. The Morgan fingerprint density at radius 1 is 1.13 bits per heavy atom. The number of imidazole rings is 1. The van der Waals surface area contributed by atoms with Crippen LogP contribution in [0.25, 0.3) is 0 Å². The highest BCUT2D eigenvalue weighted by Crippen LogP contribution is 2.24. The molecule has 0 fully saturated rings. The van der Waals surface area contributed by atoms with Crippen molar-refractivity contribution in [2.45, 2.75) is 19.4 Å². The Morgan fingerprint density at radius 2 is 1.97 bits per heavy atom. The van der Waals surface area contributed by atoms with Crippen molar-refractivity contribution < 1.29 is 9.53 Å². The van der Waals surface area contributed by atoms with Gasteiger partial charge in [-0.3, -0.25) is 9.78 Å². The number of ether oxygens (including phenoxy) is 1. The number of pyridine rings is 1. The molecule has 160 valence electrons. The zero-order valence-corrected chi connectivity index (χ0v) is 18.0. The molecule has 0 aliphatic carbocycles. The number of halogens is 2. The standard InChI is InChI=1S/C21H23N5O2.2ClH/c27-21(18-15-26-13-12-22-11-8-20(26)24-18)25-17-6-1-2-7-19(17)28-14-9-16-5-3-4-10-23-16;;/h1-7,10,15,22H,8-9,11-14H2,(H,25,27);2*1H. The molecule has 1 aromatic carbocycles. The molecule has 0 spiro atoms. The van der Waals surface area contributed by atoms with E-state index in [2.05, 4.69) is 20.6 Å². The van der Waals surface area contributed by atoms with Crippen LogP contribution in [-0.2, 0) is 19.4 Å². The maximum absolute atomic E-state index is 12.7.